The predicted octanol–water partition coefficient (Wildman–Crippen LogP) is 1.28. The molecule has 20 heavy (non-hydrogen) atoms. The SMILES string of the molecule is CNC1CCN(C(=O)COc2ccccc2OC)CC1. The summed E-state index contributed by atoms with van der Waals surface area (Å²) in [7, 11) is 3.56. The van der Waals surface area contributed by atoms with Crippen molar-refractivity contribution in [2.24, 2.45) is 0 Å². The minimum absolute atomic E-state index is 0.0328. The molecule has 0 radical (unpaired) electrons. The molecule has 0 saturated carbocycles. The molecule has 0 unspecified atom stereocenters. The summed E-state index contributed by atoms with van der Waals surface area (Å²) >= 11 is 0. The summed E-state index contributed by atoms with van der Waals surface area (Å²) in [5, 5.41) is 3.25. The fourth-order valence-corrected chi connectivity index (χ4v) is 2.39. The molecular formula is C15H22N2O3. The highest BCUT2D eigenvalue weighted by Crippen LogP contribution is 2.25. The number of rotatable bonds is 5. The predicted molar refractivity (Wildman–Crippen MR) is 77.2 cm³/mol. The Morgan fingerprint density at radius 3 is 2.55 bits per heavy atom. The maximum atomic E-state index is 12.1. The fraction of sp³-hybridized carbons (Fsp3) is 0.533. The van der Waals surface area contributed by atoms with Crippen molar-refractivity contribution in [1.82, 2.24) is 10.2 Å². The molecule has 1 aromatic carbocycles. The topological polar surface area (TPSA) is 50.8 Å². The lowest BCUT2D eigenvalue weighted by Gasteiger charge is -2.31. The van der Waals surface area contributed by atoms with Gasteiger partial charge in [0.25, 0.3) is 5.91 Å². The van der Waals surface area contributed by atoms with Crippen molar-refractivity contribution < 1.29 is 14.3 Å². The number of hydrogen-bond acceptors (Lipinski definition) is 4. The Kier molecular flexibility index (Phi) is 5.24. The third-order valence-electron chi connectivity index (χ3n) is 3.68. The summed E-state index contributed by atoms with van der Waals surface area (Å²) in [6.45, 7) is 1.64. The van der Waals surface area contributed by atoms with Gasteiger partial charge in [0.1, 0.15) is 0 Å². The summed E-state index contributed by atoms with van der Waals surface area (Å²) in [6, 6.07) is 7.88. The molecule has 0 bridgehead atoms. The van der Waals surface area contributed by atoms with Gasteiger partial charge in [-0.15, -0.1) is 0 Å². The highest BCUT2D eigenvalue weighted by atomic mass is 16.5. The van der Waals surface area contributed by atoms with Gasteiger partial charge in [-0.05, 0) is 32.0 Å². The molecule has 2 rings (SSSR count). The normalized spacial score (nSPS) is 16.0. The van der Waals surface area contributed by atoms with E-state index in [0.29, 0.717) is 17.5 Å². The van der Waals surface area contributed by atoms with Gasteiger partial charge >= 0.3 is 0 Å². The number of nitrogens with zero attached hydrogens (tertiary/aromatic N) is 1. The lowest BCUT2D eigenvalue weighted by Crippen LogP contribution is -2.45. The maximum absolute atomic E-state index is 12.1. The number of nitrogens with one attached hydrogen (secondary N) is 1. The molecule has 1 fully saturated rings. The van der Waals surface area contributed by atoms with Crippen LogP contribution in [0.15, 0.2) is 24.3 Å². The number of piperidine rings is 1. The first-order valence-electron chi connectivity index (χ1n) is 6.95. The van der Waals surface area contributed by atoms with E-state index in [1.807, 2.05) is 30.1 Å². The first-order chi connectivity index (χ1) is 9.74. The Morgan fingerprint density at radius 1 is 1.30 bits per heavy atom. The molecule has 0 aliphatic carbocycles. The zero-order valence-electron chi connectivity index (χ0n) is 12.1. The molecule has 1 heterocycles. The van der Waals surface area contributed by atoms with Crippen LogP contribution in [-0.4, -0.2) is 50.7 Å². The van der Waals surface area contributed by atoms with Crippen LogP contribution >= 0.6 is 0 Å². The average molecular weight is 278 g/mol. The molecule has 110 valence electrons. The molecule has 1 aliphatic rings. The summed E-state index contributed by atoms with van der Waals surface area (Å²) in [6.07, 6.45) is 1.99. The minimum Gasteiger partial charge on any atom is -0.493 e. The number of amides is 1. The largest absolute Gasteiger partial charge is 0.493 e. The van der Waals surface area contributed by atoms with E-state index in [2.05, 4.69) is 5.32 Å². The molecule has 1 aliphatic heterocycles. The number of likely N-dealkylation sites (tertiary alicyclic amines) is 1. The van der Waals surface area contributed by atoms with Gasteiger partial charge in [0.15, 0.2) is 18.1 Å². The van der Waals surface area contributed by atoms with Gasteiger partial charge in [0, 0.05) is 19.1 Å². The Bertz CT molecular complexity index is 442. The summed E-state index contributed by atoms with van der Waals surface area (Å²) in [5.74, 6) is 1.29. The molecule has 5 heteroatoms. The zero-order valence-corrected chi connectivity index (χ0v) is 12.1. The first-order valence-corrected chi connectivity index (χ1v) is 6.95. The second kappa shape index (κ2) is 7.14. The Hall–Kier alpha value is -1.75. The highest BCUT2D eigenvalue weighted by molar-refractivity contribution is 5.78. The van der Waals surface area contributed by atoms with E-state index < -0.39 is 0 Å². The van der Waals surface area contributed by atoms with Crippen molar-refractivity contribution in [3.8, 4) is 11.5 Å². The van der Waals surface area contributed by atoms with Crippen molar-refractivity contribution in [1.29, 1.82) is 0 Å². The second-order valence-corrected chi connectivity index (χ2v) is 4.88. The third kappa shape index (κ3) is 3.63. The van der Waals surface area contributed by atoms with Gasteiger partial charge in [0.05, 0.1) is 7.11 Å². The average Bonchev–Trinajstić information content (AvgIpc) is 2.53. The molecule has 1 saturated heterocycles. The summed E-state index contributed by atoms with van der Waals surface area (Å²) in [4.78, 5) is 14.0. The van der Waals surface area contributed by atoms with Gasteiger partial charge in [-0.1, -0.05) is 12.1 Å². The lowest BCUT2D eigenvalue weighted by molar-refractivity contribution is -0.134. The standard InChI is InChI=1S/C15H22N2O3/c1-16-12-7-9-17(10-8-12)15(18)11-20-14-6-4-3-5-13(14)19-2/h3-6,12,16H,7-11H2,1-2H3. The minimum atomic E-state index is 0.0328. The Morgan fingerprint density at radius 2 is 1.95 bits per heavy atom. The highest BCUT2D eigenvalue weighted by Gasteiger charge is 2.22. The van der Waals surface area contributed by atoms with E-state index in [1.165, 1.54) is 0 Å². The van der Waals surface area contributed by atoms with Crippen LogP contribution in [0.1, 0.15) is 12.8 Å². The van der Waals surface area contributed by atoms with Crippen LogP contribution < -0.4 is 14.8 Å². The van der Waals surface area contributed by atoms with Crippen LogP contribution in [0.2, 0.25) is 0 Å². The molecule has 0 spiro atoms. The maximum Gasteiger partial charge on any atom is 0.260 e. The van der Waals surface area contributed by atoms with Crippen molar-refractivity contribution in [2.45, 2.75) is 18.9 Å². The second-order valence-electron chi connectivity index (χ2n) is 4.88. The number of ether oxygens (including phenoxy) is 2. The fourth-order valence-electron chi connectivity index (χ4n) is 2.39. The molecule has 0 aromatic heterocycles. The molecule has 1 N–H and O–H groups in total. The van der Waals surface area contributed by atoms with E-state index in [1.54, 1.807) is 13.2 Å². The number of carbonyl (C=O) groups excluding carboxylic acids is 1. The van der Waals surface area contributed by atoms with Gasteiger partial charge in [0.2, 0.25) is 0 Å². The van der Waals surface area contributed by atoms with Crippen LogP contribution in [0, 0.1) is 0 Å². The summed E-state index contributed by atoms with van der Waals surface area (Å²) < 4.78 is 10.8. The number of methoxy groups -OCH3 is 1. The van der Waals surface area contributed by atoms with Crippen LogP contribution in [0.3, 0.4) is 0 Å². The quantitative estimate of drug-likeness (QED) is 0.881. The third-order valence-corrected chi connectivity index (χ3v) is 3.68. The van der Waals surface area contributed by atoms with Crippen molar-refractivity contribution in [3.05, 3.63) is 24.3 Å². The lowest BCUT2D eigenvalue weighted by atomic mass is 10.1. The van der Waals surface area contributed by atoms with Crippen molar-refractivity contribution in [2.75, 3.05) is 33.9 Å². The molecule has 0 atom stereocenters. The van der Waals surface area contributed by atoms with Gasteiger partial charge < -0.3 is 19.7 Å². The number of hydrogen-bond donors (Lipinski definition) is 1. The van der Waals surface area contributed by atoms with Crippen LogP contribution in [-0.2, 0) is 4.79 Å². The smallest absolute Gasteiger partial charge is 0.260 e. The number of para-hydroxylation sites is 2. The van der Waals surface area contributed by atoms with E-state index >= 15 is 0 Å². The zero-order chi connectivity index (χ0) is 14.4. The summed E-state index contributed by atoms with van der Waals surface area (Å²) in [5.41, 5.74) is 0. The van der Waals surface area contributed by atoms with E-state index in [-0.39, 0.29) is 12.5 Å². The van der Waals surface area contributed by atoms with E-state index in [4.69, 9.17) is 9.47 Å². The van der Waals surface area contributed by atoms with Gasteiger partial charge in [-0.3, -0.25) is 4.79 Å². The van der Waals surface area contributed by atoms with Crippen molar-refractivity contribution >= 4 is 5.91 Å². The van der Waals surface area contributed by atoms with Crippen molar-refractivity contribution in [3.63, 3.8) is 0 Å². The van der Waals surface area contributed by atoms with Gasteiger partial charge in [-0.25, -0.2) is 0 Å². The van der Waals surface area contributed by atoms with E-state index in [0.717, 1.165) is 25.9 Å². The molecule has 1 amide bonds. The molecular weight excluding hydrogens is 256 g/mol. The Labute approximate surface area is 119 Å². The van der Waals surface area contributed by atoms with Crippen LogP contribution in [0.5, 0.6) is 11.5 Å². The monoisotopic (exact) mass is 278 g/mol. The number of benzene rings is 1. The molecule has 1 aromatic rings. The van der Waals surface area contributed by atoms with Gasteiger partial charge in [-0.2, -0.15) is 0 Å². The molecule has 5 nitrogen and oxygen atoms in total. The van der Waals surface area contributed by atoms with E-state index in [9.17, 15) is 4.79 Å². The number of carbonyl (C=O) groups is 1. The van der Waals surface area contributed by atoms with Crippen LogP contribution in [0.25, 0.3) is 0 Å². The Balaban J connectivity index is 1.83. The van der Waals surface area contributed by atoms with Crippen LogP contribution in [0.4, 0.5) is 0 Å². The first kappa shape index (κ1) is 14.7.